The van der Waals surface area contributed by atoms with Gasteiger partial charge in [-0.3, -0.25) is 9.59 Å². The van der Waals surface area contributed by atoms with Crippen molar-refractivity contribution in [3.05, 3.63) is 32.0 Å². The predicted octanol–water partition coefficient (Wildman–Crippen LogP) is 1.63. The lowest BCUT2D eigenvalue weighted by molar-refractivity contribution is -0.140. The fourth-order valence-corrected chi connectivity index (χ4v) is 2.76. The van der Waals surface area contributed by atoms with Crippen molar-refractivity contribution in [3.63, 3.8) is 0 Å². The van der Waals surface area contributed by atoms with Crippen LogP contribution in [-0.4, -0.2) is 39.6 Å². The van der Waals surface area contributed by atoms with Crippen molar-refractivity contribution in [3.8, 4) is 5.75 Å². The monoisotopic (exact) mass is 422 g/mol. The second-order valence-corrected chi connectivity index (χ2v) is 5.70. The number of nitrogens with zero attached hydrogens (tertiary/aromatic N) is 1. The first-order chi connectivity index (χ1) is 9.79. The number of imide groups is 1. The van der Waals surface area contributed by atoms with Crippen LogP contribution in [0, 0.1) is 3.57 Å². The lowest BCUT2D eigenvalue weighted by Gasteiger charge is -2.07. The first-order valence-corrected chi connectivity index (χ1v) is 6.99. The van der Waals surface area contributed by atoms with Gasteiger partial charge in [-0.05, 0) is 40.8 Å². The second-order valence-electron chi connectivity index (χ2n) is 4.10. The summed E-state index contributed by atoms with van der Waals surface area (Å²) in [5, 5.41) is 21.2. The molecule has 3 N–H and O–H groups in total. The van der Waals surface area contributed by atoms with Gasteiger partial charge in [0.15, 0.2) is 0 Å². The molecule has 0 aliphatic carbocycles. The number of benzene rings is 1. The molecular weight excluding hydrogens is 414 g/mol. The van der Waals surface area contributed by atoms with Crippen LogP contribution < -0.4 is 5.32 Å². The molecule has 1 fully saturated rings. The molecule has 9 heteroatoms. The Bertz CT molecular complexity index is 688. The molecule has 110 valence electrons. The van der Waals surface area contributed by atoms with Crippen LogP contribution in [0.25, 0.3) is 6.08 Å². The number of carboxylic acid groups (broad SMARTS) is 1. The van der Waals surface area contributed by atoms with Gasteiger partial charge in [-0.2, -0.15) is 0 Å². The van der Waals surface area contributed by atoms with Crippen LogP contribution in [0.4, 0.5) is 4.79 Å². The van der Waals surface area contributed by atoms with Crippen molar-refractivity contribution in [1.82, 2.24) is 10.2 Å². The summed E-state index contributed by atoms with van der Waals surface area (Å²) in [7, 11) is 0. The van der Waals surface area contributed by atoms with Gasteiger partial charge in [-0.15, -0.1) is 0 Å². The SMILES string of the molecule is O=C(O)CN1C(=O)N/C(=C/c2cc(Cl)cc(I)c2O)C1=O. The summed E-state index contributed by atoms with van der Waals surface area (Å²) in [5.41, 5.74) is 0.113. The average molecular weight is 423 g/mol. The molecule has 21 heavy (non-hydrogen) atoms. The van der Waals surface area contributed by atoms with Gasteiger partial charge in [0.2, 0.25) is 0 Å². The summed E-state index contributed by atoms with van der Waals surface area (Å²) in [4.78, 5) is 34.6. The zero-order valence-corrected chi connectivity index (χ0v) is 13.2. The Morgan fingerprint density at radius 3 is 2.71 bits per heavy atom. The third-order valence-corrected chi connectivity index (χ3v) is 3.65. The number of amides is 3. The molecule has 0 spiro atoms. The van der Waals surface area contributed by atoms with Gasteiger partial charge in [0.05, 0.1) is 3.57 Å². The van der Waals surface area contributed by atoms with Crippen LogP contribution in [0.2, 0.25) is 5.02 Å². The third kappa shape index (κ3) is 3.27. The van der Waals surface area contributed by atoms with Crippen LogP contribution in [0.15, 0.2) is 17.8 Å². The zero-order valence-electron chi connectivity index (χ0n) is 10.3. The molecule has 1 aliphatic heterocycles. The average Bonchev–Trinajstić information content (AvgIpc) is 2.63. The quantitative estimate of drug-likeness (QED) is 0.390. The van der Waals surface area contributed by atoms with E-state index in [1.54, 1.807) is 0 Å². The molecule has 2 rings (SSSR count). The highest BCUT2D eigenvalue weighted by Crippen LogP contribution is 2.30. The second kappa shape index (κ2) is 5.90. The molecule has 0 saturated carbocycles. The van der Waals surface area contributed by atoms with Crippen LogP contribution >= 0.6 is 34.2 Å². The topological polar surface area (TPSA) is 107 Å². The van der Waals surface area contributed by atoms with Crippen LogP contribution in [0.1, 0.15) is 5.56 Å². The number of phenolic OH excluding ortho intramolecular Hbond substituents is 1. The van der Waals surface area contributed by atoms with E-state index in [2.05, 4.69) is 5.32 Å². The van der Waals surface area contributed by atoms with E-state index in [9.17, 15) is 19.5 Å². The van der Waals surface area contributed by atoms with Crippen molar-refractivity contribution in [1.29, 1.82) is 0 Å². The lowest BCUT2D eigenvalue weighted by Crippen LogP contribution is -2.35. The molecule has 1 heterocycles. The smallest absolute Gasteiger partial charge is 0.329 e. The summed E-state index contributed by atoms with van der Waals surface area (Å²) >= 11 is 7.73. The maximum absolute atomic E-state index is 11.9. The highest BCUT2D eigenvalue weighted by atomic mass is 127. The molecule has 7 nitrogen and oxygen atoms in total. The third-order valence-electron chi connectivity index (χ3n) is 2.61. The molecule has 1 saturated heterocycles. The Hall–Kier alpha value is -1.81. The minimum atomic E-state index is -1.31. The molecule has 0 bridgehead atoms. The molecule has 0 unspecified atom stereocenters. The number of carboxylic acids is 1. The Kier molecular flexibility index (Phi) is 4.37. The predicted molar refractivity (Wildman–Crippen MR) is 81.7 cm³/mol. The maximum atomic E-state index is 11.9. The van der Waals surface area contributed by atoms with E-state index in [0.29, 0.717) is 13.5 Å². The summed E-state index contributed by atoms with van der Waals surface area (Å²) in [5.74, 6) is -2.18. The number of phenols is 1. The lowest BCUT2D eigenvalue weighted by atomic mass is 10.1. The van der Waals surface area contributed by atoms with Gasteiger partial charge in [0.1, 0.15) is 18.0 Å². The number of hydrogen-bond donors (Lipinski definition) is 3. The van der Waals surface area contributed by atoms with E-state index in [1.807, 2.05) is 22.6 Å². The Morgan fingerprint density at radius 1 is 1.43 bits per heavy atom. The van der Waals surface area contributed by atoms with E-state index in [-0.39, 0.29) is 17.0 Å². The number of nitrogens with one attached hydrogen (secondary N) is 1. The van der Waals surface area contributed by atoms with Gasteiger partial charge in [-0.25, -0.2) is 9.69 Å². The van der Waals surface area contributed by atoms with Gasteiger partial charge in [-0.1, -0.05) is 11.6 Å². The van der Waals surface area contributed by atoms with Crippen molar-refractivity contribution in [2.75, 3.05) is 6.54 Å². The summed E-state index contributed by atoms with van der Waals surface area (Å²) < 4.78 is 0.478. The van der Waals surface area contributed by atoms with E-state index < -0.39 is 24.5 Å². The van der Waals surface area contributed by atoms with Crippen LogP contribution in [0.5, 0.6) is 5.75 Å². The zero-order chi connectivity index (χ0) is 15.7. The number of halogens is 2. The number of hydrogen-bond acceptors (Lipinski definition) is 4. The highest BCUT2D eigenvalue weighted by molar-refractivity contribution is 14.1. The Labute approximate surface area is 137 Å². The molecule has 0 radical (unpaired) electrons. The first kappa shape index (κ1) is 15.6. The van der Waals surface area contributed by atoms with Gasteiger partial charge in [0, 0.05) is 10.6 Å². The minimum absolute atomic E-state index is 0.0915. The first-order valence-electron chi connectivity index (χ1n) is 5.54. The standard InChI is InChI=1S/C12H8ClIN2O5/c13-6-1-5(10(19)7(14)3-6)2-8-11(20)16(4-9(17)18)12(21)15-8/h1-3,19H,4H2,(H,15,21)(H,17,18)/b8-2+. The number of carbonyl (C=O) groups excluding carboxylic acids is 2. The summed E-state index contributed by atoms with van der Waals surface area (Å²) in [6, 6.07) is 2.13. The molecule has 1 aromatic rings. The van der Waals surface area contributed by atoms with E-state index in [0.717, 1.165) is 0 Å². The Balaban J connectivity index is 2.37. The molecule has 0 atom stereocenters. The van der Waals surface area contributed by atoms with Gasteiger partial charge in [0.25, 0.3) is 5.91 Å². The fourth-order valence-electron chi connectivity index (χ4n) is 1.70. The molecule has 0 aromatic heterocycles. The summed E-state index contributed by atoms with van der Waals surface area (Å²) in [6.45, 7) is -0.735. The number of carbonyl (C=O) groups is 3. The molecule has 1 aromatic carbocycles. The number of aromatic hydroxyl groups is 1. The normalized spacial score (nSPS) is 16.5. The van der Waals surface area contributed by atoms with Crippen molar-refractivity contribution in [2.45, 2.75) is 0 Å². The molecular formula is C12H8ClIN2O5. The van der Waals surface area contributed by atoms with E-state index >= 15 is 0 Å². The van der Waals surface area contributed by atoms with Crippen molar-refractivity contribution < 1.29 is 24.6 Å². The molecule has 3 amide bonds. The van der Waals surface area contributed by atoms with E-state index in [1.165, 1.54) is 18.2 Å². The fraction of sp³-hybridized carbons (Fsp3) is 0.0833. The van der Waals surface area contributed by atoms with Gasteiger partial charge < -0.3 is 15.5 Å². The number of aliphatic carboxylic acids is 1. The van der Waals surface area contributed by atoms with Crippen LogP contribution in [0.3, 0.4) is 0 Å². The Morgan fingerprint density at radius 2 is 2.10 bits per heavy atom. The number of rotatable bonds is 3. The molecule has 1 aliphatic rings. The van der Waals surface area contributed by atoms with Crippen LogP contribution in [-0.2, 0) is 9.59 Å². The summed E-state index contributed by atoms with van der Waals surface area (Å²) in [6.07, 6.45) is 1.24. The largest absolute Gasteiger partial charge is 0.506 e. The van der Waals surface area contributed by atoms with Gasteiger partial charge >= 0.3 is 12.0 Å². The minimum Gasteiger partial charge on any atom is -0.506 e. The number of urea groups is 1. The van der Waals surface area contributed by atoms with E-state index in [4.69, 9.17) is 16.7 Å². The highest BCUT2D eigenvalue weighted by Gasteiger charge is 2.35. The van der Waals surface area contributed by atoms with Crippen molar-refractivity contribution >= 4 is 58.2 Å². The van der Waals surface area contributed by atoms with Crippen molar-refractivity contribution in [2.24, 2.45) is 0 Å². The maximum Gasteiger partial charge on any atom is 0.329 e.